The van der Waals surface area contributed by atoms with E-state index in [1.165, 1.54) is 103 Å². The van der Waals surface area contributed by atoms with E-state index in [0.717, 1.165) is 83.5 Å². The van der Waals surface area contributed by atoms with Crippen LogP contribution in [0.3, 0.4) is 0 Å². The highest BCUT2D eigenvalue weighted by molar-refractivity contribution is 7.47. The van der Waals surface area contributed by atoms with E-state index in [-0.39, 0.29) is 38.6 Å². The van der Waals surface area contributed by atoms with Gasteiger partial charge in [0.2, 0.25) is 0 Å². The SMILES string of the molecule is CC/C=C\C/C=C\C/C=C\C/C=C\C/C=C\CCCCCCCC(=O)OC(COC(=O)CCCCCCCCCCCCCCCCCCCCC)COP(=O)(O)OCCN. The lowest BCUT2D eigenvalue weighted by Crippen LogP contribution is -2.29. The van der Waals surface area contributed by atoms with Crippen molar-refractivity contribution in [2.75, 3.05) is 26.4 Å². The summed E-state index contributed by atoms with van der Waals surface area (Å²) in [6, 6.07) is 0. The van der Waals surface area contributed by atoms with Crippen molar-refractivity contribution < 1.29 is 37.6 Å². The number of hydrogen-bond donors (Lipinski definition) is 2. The molecule has 2 unspecified atom stereocenters. The van der Waals surface area contributed by atoms with Crippen molar-refractivity contribution in [3.05, 3.63) is 60.8 Å². The van der Waals surface area contributed by atoms with Gasteiger partial charge in [0.1, 0.15) is 6.61 Å². The first-order valence-corrected chi connectivity index (χ1v) is 26.3. The Labute approximate surface area is 374 Å². The maximum absolute atomic E-state index is 12.6. The summed E-state index contributed by atoms with van der Waals surface area (Å²) in [5, 5.41) is 0. The van der Waals surface area contributed by atoms with Crippen LogP contribution in [0, 0.1) is 0 Å². The van der Waals surface area contributed by atoms with Crippen LogP contribution < -0.4 is 5.73 Å². The number of carbonyl (C=O) groups excluding carboxylic acids is 2. The molecule has 3 N–H and O–H groups in total. The molecule has 0 radical (unpaired) electrons. The van der Waals surface area contributed by atoms with E-state index in [1.54, 1.807) is 0 Å². The van der Waals surface area contributed by atoms with E-state index in [2.05, 4.69) is 74.6 Å². The van der Waals surface area contributed by atoms with Crippen LogP contribution in [0.2, 0.25) is 0 Å². The summed E-state index contributed by atoms with van der Waals surface area (Å²) >= 11 is 0. The van der Waals surface area contributed by atoms with Gasteiger partial charge in [-0.15, -0.1) is 0 Å². The zero-order chi connectivity index (χ0) is 44.6. The molecular formula is C51H92NO8P. The van der Waals surface area contributed by atoms with Crippen LogP contribution in [-0.2, 0) is 32.7 Å². The van der Waals surface area contributed by atoms with Gasteiger partial charge >= 0.3 is 19.8 Å². The van der Waals surface area contributed by atoms with Crippen molar-refractivity contribution in [2.24, 2.45) is 5.73 Å². The molecule has 0 rings (SSSR count). The zero-order valence-corrected chi connectivity index (χ0v) is 40.0. The van der Waals surface area contributed by atoms with Crippen LogP contribution in [0.1, 0.15) is 219 Å². The Hall–Kier alpha value is -2.29. The van der Waals surface area contributed by atoms with Gasteiger partial charge < -0.3 is 20.1 Å². The molecule has 0 bridgehead atoms. The largest absolute Gasteiger partial charge is 0.472 e. The molecule has 0 aliphatic heterocycles. The topological polar surface area (TPSA) is 134 Å². The van der Waals surface area contributed by atoms with Crippen molar-refractivity contribution in [2.45, 2.75) is 225 Å². The van der Waals surface area contributed by atoms with Gasteiger partial charge in [0, 0.05) is 19.4 Å². The van der Waals surface area contributed by atoms with E-state index >= 15 is 0 Å². The minimum absolute atomic E-state index is 0.0484. The molecule has 2 atom stereocenters. The van der Waals surface area contributed by atoms with Crippen molar-refractivity contribution in [1.82, 2.24) is 0 Å². The van der Waals surface area contributed by atoms with Crippen LogP contribution in [0.15, 0.2) is 60.8 Å². The minimum atomic E-state index is -4.39. The molecule has 0 heterocycles. The van der Waals surface area contributed by atoms with Gasteiger partial charge in [-0.2, -0.15) is 0 Å². The number of unbranched alkanes of at least 4 members (excludes halogenated alkanes) is 23. The number of esters is 2. The molecule has 0 fully saturated rings. The Morgan fingerprint density at radius 2 is 0.902 bits per heavy atom. The normalized spacial score (nSPS) is 13.7. The molecule has 0 aromatic rings. The van der Waals surface area contributed by atoms with Crippen molar-refractivity contribution >= 4 is 19.8 Å². The molecule has 0 saturated carbocycles. The lowest BCUT2D eigenvalue weighted by molar-refractivity contribution is -0.161. The number of nitrogens with two attached hydrogens (primary N) is 1. The third-order valence-electron chi connectivity index (χ3n) is 10.4. The van der Waals surface area contributed by atoms with Gasteiger partial charge in [-0.3, -0.25) is 18.6 Å². The Bertz CT molecular complexity index is 1180. The first-order chi connectivity index (χ1) is 29.8. The van der Waals surface area contributed by atoms with Gasteiger partial charge in [0.05, 0.1) is 13.2 Å². The lowest BCUT2D eigenvalue weighted by Gasteiger charge is -2.19. The second kappa shape index (κ2) is 47.2. The maximum Gasteiger partial charge on any atom is 0.472 e. The number of carbonyl (C=O) groups is 2. The van der Waals surface area contributed by atoms with E-state index in [4.69, 9.17) is 24.3 Å². The first kappa shape index (κ1) is 58.7. The van der Waals surface area contributed by atoms with Crippen LogP contribution in [0.4, 0.5) is 0 Å². The fourth-order valence-corrected chi connectivity index (χ4v) is 7.55. The molecule has 0 spiro atoms. The number of phosphoric acid groups is 1. The summed E-state index contributed by atoms with van der Waals surface area (Å²) in [7, 11) is -4.39. The highest BCUT2D eigenvalue weighted by Gasteiger charge is 2.26. The smallest absolute Gasteiger partial charge is 0.462 e. The van der Waals surface area contributed by atoms with E-state index in [9.17, 15) is 19.0 Å². The average molecular weight is 878 g/mol. The molecule has 10 heteroatoms. The molecule has 0 aliphatic rings. The van der Waals surface area contributed by atoms with Crippen molar-refractivity contribution in [1.29, 1.82) is 0 Å². The Balaban J connectivity index is 4.11. The minimum Gasteiger partial charge on any atom is -0.462 e. The standard InChI is InChI=1S/C51H92NO8P/c1-3-5-7-9-11-13-15-17-19-21-23-24-26-28-30-32-34-36-38-40-42-44-51(54)60-49(48-59-61(55,56)58-46-45-52)47-57-50(53)43-41-39-37-35-33-31-29-27-25-22-20-18-16-14-12-10-8-6-4-2/h5,7,11,13,17,19,23-24,28,30,49H,3-4,6,8-10,12,14-16,18,20-22,25-27,29,31-48,52H2,1-2H3,(H,55,56)/b7-5-,13-11-,19-17-,24-23-,30-28-. The summed E-state index contributed by atoms with van der Waals surface area (Å²) in [4.78, 5) is 35.0. The second-order valence-corrected chi connectivity index (χ2v) is 17.8. The summed E-state index contributed by atoms with van der Waals surface area (Å²) in [5.74, 6) is -0.845. The van der Waals surface area contributed by atoms with Gasteiger partial charge in [-0.1, -0.05) is 209 Å². The maximum atomic E-state index is 12.6. The molecule has 0 amide bonds. The van der Waals surface area contributed by atoms with Crippen LogP contribution in [-0.4, -0.2) is 49.3 Å². The Morgan fingerprint density at radius 3 is 1.34 bits per heavy atom. The highest BCUT2D eigenvalue weighted by Crippen LogP contribution is 2.43. The number of hydrogen-bond acceptors (Lipinski definition) is 8. The molecule has 0 aromatic heterocycles. The van der Waals surface area contributed by atoms with E-state index < -0.39 is 26.5 Å². The highest BCUT2D eigenvalue weighted by atomic mass is 31.2. The molecule has 0 aliphatic carbocycles. The zero-order valence-electron chi connectivity index (χ0n) is 39.1. The van der Waals surface area contributed by atoms with Crippen LogP contribution in [0.5, 0.6) is 0 Å². The van der Waals surface area contributed by atoms with E-state index in [0.29, 0.717) is 6.42 Å². The van der Waals surface area contributed by atoms with Gasteiger partial charge in [0.25, 0.3) is 0 Å². The van der Waals surface area contributed by atoms with Gasteiger partial charge in [0.15, 0.2) is 6.10 Å². The van der Waals surface area contributed by atoms with Crippen LogP contribution >= 0.6 is 7.82 Å². The predicted octanol–water partition coefficient (Wildman–Crippen LogP) is 14.8. The summed E-state index contributed by atoms with van der Waals surface area (Å²) in [6.07, 6.45) is 56.8. The first-order valence-electron chi connectivity index (χ1n) is 24.8. The summed E-state index contributed by atoms with van der Waals surface area (Å²) < 4.78 is 32.9. The fourth-order valence-electron chi connectivity index (χ4n) is 6.78. The van der Waals surface area contributed by atoms with E-state index in [1.807, 2.05) is 0 Å². The molecule has 0 saturated heterocycles. The third-order valence-corrected chi connectivity index (χ3v) is 11.4. The number of rotatable bonds is 46. The average Bonchev–Trinajstić information content (AvgIpc) is 3.25. The van der Waals surface area contributed by atoms with Crippen molar-refractivity contribution in [3.8, 4) is 0 Å². The fraction of sp³-hybridized carbons (Fsp3) is 0.765. The number of allylic oxidation sites excluding steroid dienone is 10. The Morgan fingerprint density at radius 1 is 0.508 bits per heavy atom. The Kier molecular flexibility index (Phi) is 45.4. The third kappa shape index (κ3) is 47.0. The molecule has 354 valence electrons. The molecule has 0 aromatic carbocycles. The number of phosphoric ester groups is 1. The monoisotopic (exact) mass is 878 g/mol. The molecule has 9 nitrogen and oxygen atoms in total. The molecular weight excluding hydrogens is 786 g/mol. The predicted molar refractivity (Wildman–Crippen MR) is 256 cm³/mol. The van der Waals surface area contributed by atoms with Crippen molar-refractivity contribution in [3.63, 3.8) is 0 Å². The molecule has 61 heavy (non-hydrogen) atoms. The second-order valence-electron chi connectivity index (χ2n) is 16.3. The quantitative estimate of drug-likeness (QED) is 0.0265. The van der Waals surface area contributed by atoms with Gasteiger partial charge in [-0.05, 0) is 57.8 Å². The number of ether oxygens (including phenoxy) is 2. The van der Waals surface area contributed by atoms with Crippen LogP contribution in [0.25, 0.3) is 0 Å². The lowest BCUT2D eigenvalue weighted by atomic mass is 10.0. The van der Waals surface area contributed by atoms with Gasteiger partial charge in [-0.25, -0.2) is 4.57 Å². The summed E-state index contributed by atoms with van der Waals surface area (Å²) in [6.45, 7) is 3.62. The summed E-state index contributed by atoms with van der Waals surface area (Å²) in [5.41, 5.74) is 5.36.